The van der Waals surface area contributed by atoms with Gasteiger partial charge in [-0.1, -0.05) is 24.3 Å². The predicted molar refractivity (Wildman–Crippen MR) is 125 cm³/mol. The van der Waals surface area contributed by atoms with Crippen molar-refractivity contribution in [3.8, 4) is 0 Å². The summed E-state index contributed by atoms with van der Waals surface area (Å²) in [5, 5.41) is 6.74. The smallest absolute Gasteiger partial charge is 0.191 e. The van der Waals surface area contributed by atoms with Crippen molar-refractivity contribution in [2.45, 2.75) is 19.5 Å². The van der Waals surface area contributed by atoms with Gasteiger partial charge in [0.15, 0.2) is 5.96 Å². The van der Waals surface area contributed by atoms with Crippen molar-refractivity contribution in [2.24, 2.45) is 4.99 Å². The monoisotopic (exact) mass is 500 g/mol. The van der Waals surface area contributed by atoms with E-state index in [1.54, 1.807) is 20.4 Å². The van der Waals surface area contributed by atoms with Crippen molar-refractivity contribution < 1.29 is 4.74 Å². The van der Waals surface area contributed by atoms with E-state index in [4.69, 9.17) is 4.74 Å². The average Bonchev–Trinajstić information content (AvgIpc) is 3.18. The number of hydrogen-bond donors (Lipinski definition) is 2. The summed E-state index contributed by atoms with van der Waals surface area (Å²) >= 11 is 0. The maximum atomic E-state index is 5.09. The van der Waals surface area contributed by atoms with Crippen LogP contribution in [-0.2, 0) is 17.8 Å². The molecule has 0 aliphatic rings. The van der Waals surface area contributed by atoms with E-state index >= 15 is 0 Å². The lowest BCUT2D eigenvalue weighted by Crippen LogP contribution is -2.40. The molecule has 2 aromatic rings. The predicted octanol–water partition coefficient (Wildman–Crippen LogP) is 2.18. The molecule has 0 saturated heterocycles. The van der Waals surface area contributed by atoms with Crippen molar-refractivity contribution in [1.82, 2.24) is 25.1 Å². The van der Waals surface area contributed by atoms with Crippen molar-refractivity contribution in [1.29, 1.82) is 0 Å². The number of aliphatic imine (C=N–C) groups is 1. The van der Waals surface area contributed by atoms with Gasteiger partial charge in [0, 0.05) is 65.9 Å². The van der Waals surface area contributed by atoms with Gasteiger partial charge >= 0.3 is 0 Å². The molecule has 0 saturated carbocycles. The highest BCUT2D eigenvalue weighted by atomic mass is 127. The summed E-state index contributed by atoms with van der Waals surface area (Å²) in [6.45, 7) is 5.22. The molecule has 2 N–H and O–H groups in total. The molecule has 1 aromatic carbocycles. The van der Waals surface area contributed by atoms with Crippen LogP contribution in [0.15, 0.2) is 48.0 Å². The van der Waals surface area contributed by atoms with E-state index in [-0.39, 0.29) is 24.0 Å². The molecule has 1 heterocycles. The molecule has 0 unspecified atom stereocenters. The Balaban J connectivity index is 0.00000392. The van der Waals surface area contributed by atoms with Crippen LogP contribution < -0.4 is 10.6 Å². The Bertz CT molecular complexity index is 677. The number of likely N-dealkylation sites (N-methyl/N-ethyl adjacent to an activating group) is 1. The van der Waals surface area contributed by atoms with Crippen LogP contribution in [0.25, 0.3) is 0 Å². The molecular formula is C20H33IN6O. The summed E-state index contributed by atoms with van der Waals surface area (Å²) in [5.41, 5.74) is 2.49. The number of guanidine groups is 1. The molecule has 0 bridgehead atoms. The largest absolute Gasteiger partial charge is 0.385 e. The average molecular weight is 500 g/mol. The normalized spacial score (nSPS) is 11.4. The van der Waals surface area contributed by atoms with Gasteiger partial charge in [-0.3, -0.25) is 4.99 Å². The molecule has 1 aromatic heterocycles. The van der Waals surface area contributed by atoms with Gasteiger partial charge in [-0.25, -0.2) is 4.98 Å². The Hall–Kier alpha value is -1.65. The number of rotatable bonds is 11. The van der Waals surface area contributed by atoms with Crippen molar-refractivity contribution in [2.75, 3.05) is 47.4 Å². The summed E-state index contributed by atoms with van der Waals surface area (Å²) in [6, 6.07) is 8.57. The fraction of sp³-hybridized carbons (Fsp3) is 0.500. The van der Waals surface area contributed by atoms with Crippen LogP contribution in [0.4, 0.5) is 0 Å². The minimum Gasteiger partial charge on any atom is -0.385 e. The Kier molecular flexibility index (Phi) is 12.5. The summed E-state index contributed by atoms with van der Waals surface area (Å²) in [4.78, 5) is 10.7. The minimum atomic E-state index is 0. The lowest BCUT2D eigenvalue weighted by Gasteiger charge is -2.18. The van der Waals surface area contributed by atoms with Gasteiger partial charge in [0.25, 0.3) is 0 Å². The molecule has 28 heavy (non-hydrogen) atoms. The molecule has 0 aliphatic carbocycles. The lowest BCUT2D eigenvalue weighted by molar-refractivity contribution is 0.180. The summed E-state index contributed by atoms with van der Waals surface area (Å²) < 4.78 is 7.15. The minimum absolute atomic E-state index is 0. The van der Waals surface area contributed by atoms with Crippen LogP contribution in [-0.4, -0.2) is 67.9 Å². The third-order valence-electron chi connectivity index (χ3n) is 4.27. The SMILES string of the molecule is CN=C(NCCN(C)CCCOC)NCc1cccc(Cn2ccnc2)c1.I. The van der Waals surface area contributed by atoms with Crippen molar-refractivity contribution in [3.05, 3.63) is 54.1 Å². The van der Waals surface area contributed by atoms with E-state index < -0.39 is 0 Å². The number of methoxy groups -OCH3 is 1. The number of ether oxygens (including phenoxy) is 1. The highest BCUT2D eigenvalue weighted by molar-refractivity contribution is 14.0. The van der Waals surface area contributed by atoms with Crippen molar-refractivity contribution in [3.63, 3.8) is 0 Å². The maximum Gasteiger partial charge on any atom is 0.191 e. The third kappa shape index (κ3) is 9.52. The van der Waals surface area contributed by atoms with Gasteiger partial charge in [-0.2, -0.15) is 0 Å². The Morgan fingerprint density at radius 1 is 1.25 bits per heavy atom. The summed E-state index contributed by atoms with van der Waals surface area (Å²) in [6.07, 6.45) is 6.66. The van der Waals surface area contributed by atoms with Gasteiger partial charge in [0.2, 0.25) is 0 Å². The first-order chi connectivity index (χ1) is 13.2. The number of hydrogen-bond acceptors (Lipinski definition) is 4. The molecule has 156 valence electrons. The second-order valence-corrected chi connectivity index (χ2v) is 6.56. The van der Waals surface area contributed by atoms with Crippen LogP contribution >= 0.6 is 24.0 Å². The topological polar surface area (TPSA) is 66.7 Å². The lowest BCUT2D eigenvalue weighted by atomic mass is 10.1. The molecule has 8 heteroatoms. The van der Waals surface area contributed by atoms with Gasteiger partial charge in [0.1, 0.15) is 0 Å². The molecular weight excluding hydrogens is 467 g/mol. The molecule has 0 amide bonds. The number of aromatic nitrogens is 2. The van der Waals surface area contributed by atoms with Gasteiger partial charge < -0.3 is 24.8 Å². The summed E-state index contributed by atoms with van der Waals surface area (Å²) in [7, 11) is 5.66. The highest BCUT2D eigenvalue weighted by Gasteiger charge is 2.02. The Labute approximate surface area is 185 Å². The molecule has 0 fully saturated rings. The first kappa shape index (κ1) is 24.4. The summed E-state index contributed by atoms with van der Waals surface area (Å²) in [5.74, 6) is 0.820. The zero-order valence-corrected chi connectivity index (χ0v) is 19.4. The number of halogens is 1. The third-order valence-corrected chi connectivity index (χ3v) is 4.27. The Morgan fingerprint density at radius 2 is 2.07 bits per heavy atom. The molecule has 0 aliphatic heterocycles. The molecule has 0 atom stereocenters. The number of benzene rings is 1. The molecule has 0 radical (unpaired) electrons. The van der Waals surface area contributed by atoms with E-state index in [1.165, 1.54) is 11.1 Å². The van der Waals surface area contributed by atoms with E-state index in [1.807, 2.05) is 12.5 Å². The van der Waals surface area contributed by atoms with Crippen LogP contribution in [0, 0.1) is 0 Å². The van der Waals surface area contributed by atoms with Gasteiger partial charge in [-0.05, 0) is 24.6 Å². The quantitative estimate of drug-likeness (QED) is 0.214. The van der Waals surface area contributed by atoms with Crippen LogP contribution in [0.2, 0.25) is 0 Å². The van der Waals surface area contributed by atoms with Crippen LogP contribution in [0.1, 0.15) is 17.5 Å². The number of imidazole rings is 1. The fourth-order valence-electron chi connectivity index (χ4n) is 2.79. The zero-order chi connectivity index (χ0) is 19.3. The zero-order valence-electron chi connectivity index (χ0n) is 17.1. The van der Waals surface area contributed by atoms with Crippen molar-refractivity contribution >= 4 is 29.9 Å². The Morgan fingerprint density at radius 3 is 2.79 bits per heavy atom. The van der Waals surface area contributed by atoms with Crippen LogP contribution in [0.5, 0.6) is 0 Å². The van der Waals surface area contributed by atoms with E-state index in [9.17, 15) is 0 Å². The second kappa shape index (κ2) is 14.4. The highest BCUT2D eigenvalue weighted by Crippen LogP contribution is 2.07. The first-order valence-corrected chi connectivity index (χ1v) is 9.37. The first-order valence-electron chi connectivity index (χ1n) is 9.37. The second-order valence-electron chi connectivity index (χ2n) is 6.56. The van der Waals surface area contributed by atoms with E-state index in [0.29, 0.717) is 0 Å². The van der Waals surface area contributed by atoms with Gasteiger partial charge in [0.05, 0.1) is 6.33 Å². The van der Waals surface area contributed by atoms with E-state index in [0.717, 1.165) is 51.7 Å². The van der Waals surface area contributed by atoms with Gasteiger partial charge in [-0.15, -0.1) is 24.0 Å². The standard InChI is InChI=1S/C20H32N6O.HI/c1-21-20(23-9-11-25(2)10-5-13-27-3)24-15-18-6-4-7-19(14-18)16-26-12-8-22-17-26;/h4,6-8,12,14,17H,5,9-11,13,15-16H2,1-3H3,(H2,21,23,24);1H. The molecule has 0 spiro atoms. The molecule has 2 rings (SSSR count). The fourth-order valence-corrected chi connectivity index (χ4v) is 2.79. The van der Waals surface area contributed by atoms with E-state index in [2.05, 4.69) is 61.4 Å². The number of nitrogens with zero attached hydrogens (tertiary/aromatic N) is 4. The maximum absolute atomic E-state index is 5.09. The number of nitrogens with one attached hydrogen (secondary N) is 2. The molecule has 7 nitrogen and oxygen atoms in total. The van der Waals surface area contributed by atoms with Crippen LogP contribution in [0.3, 0.4) is 0 Å².